The van der Waals surface area contributed by atoms with Crippen LogP contribution in [0.3, 0.4) is 0 Å². The van der Waals surface area contributed by atoms with Gasteiger partial charge in [-0.25, -0.2) is 14.2 Å². The molecule has 0 radical (unpaired) electrons. The van der Waals surface area contributed by atoms with Crippen molar-refractivity contribution in [3.63, 3.8) is 0 Å². The molecular formula is C24H18BrF3N5O3+. The maximum Gasteiger partial charge on any atom is 0.416 e. The molecule has 0 aromatic heterocycles. The van der Waals surface area contributed by atoms with Gasteiger partial charge >= 0.3 is 24.1 Å². The number of urea groups is 1. The number of methoxy groups -OCH3 is 1. The summed E-state index contributed by atoms with van der Waals surface area (Å²) in [6, 6.07) is 8.22. The zero-order valence-corrected chi connectivity index (χ0v) is 20.4. The molecule has 12 heteroatoms. The average Bonchev–Trinajstić information content (AvgIpc) is 2.83. The van der Waals surface area contributed by atoms with Crippen molar-refractivity contribution in [2.45, 2.75) is 19.1 Å². The highest BCUT2D eigenvalue weighted by Gasteiger charge is 2.47. The number of guanidine groups is 1. The fourth-order valence-electron chi connectivity index (χ4n) is 3.93. The number of primary amides is 1. The number of hydrogen-bond acceptors (Lipinski definition) is 5. The molecule has 2 aromatic carbocycles. The van der Waals surface area contributed by atoms with Gasteiger partial charge in [-0.15, -0.1) is 0 Å². The van der Waals surface area contributed by atoms with Crippen LogP contribution in [0.1, 0.15) is 35.2 Å². The molecule has 2 amide bonds. The maximum atomic E-state index is 13.4. The van der Waals surface area contributed by atoms with Crippen molar-refractivity contribution >= 4 is 39.6 Å². The number of ether oxygens (including phenoxy) is 1. The molecule has 0 aliphatic carbocycles. The Morgan fingerprint density at radius 1 is 1.22 bits per heavy atom. The van der Waals surface area contributed by atoms with E-state index in [-0.39, 0.29) is 39.6 Å². The van der Waals surface area contributed by atoms with Crippen LogP contribution in [0.15, 0.2) is 53.7 Å². The number of carbonyl (C=O) groups excluding carboxylic acids is 2. The van der Waals surface area contributed by atoms with Crippen LogP contribution < -0.4 is 11.5 Å². The third-order valence-electron chi connectivity index (χ3n) is 5.47. The van der Waals surface area contributed by atoms with Crippen LogP contribution in [0, 0.1) is 22.1 Å². The third-order valence-corrected chi connectivity index (χ3v) is 5.66. The summed E-state index contributed by atoms with van der Waals surface area (Å²) in [5, 5.41) is 9.29. The van der Waals surface area contributed by atoms with E-state index in [1.54, 1.807) is 0 Å². The van der Waals surface area contributed by atoms with Gasteiger partial charge in [-0.3, -0.25) is 5.73 Å². The molecule has 3 rings (SSSR count). The standard InChI is InChI=1S/C24H17BrF3N5O3/c1-13-19(21(34)36-2)20(18-7-6-14(12-29)10-15(18)8-9-25)33(23(31)35)22(30)32(13)17-5-3-4-16(11-17)24(26,27)28/h3-7,10-11,20,30H,1-2H3,(H2,31,35)/p+1/t20-/m1/s1. The first kappa shape index (κ1) is 26.3. The number of amides is 2. The van der Waals surface area contributed by atoms with Crippen molar-refractivity contribution in [1.29, 1.82) is 5.26 Å². The van der Waals surface area contributed by atoms with Crippen molar-refractivity contribution in [3.05, 3.63) is 76.0 Å². The molecule has 1 heterocycles. The van der Waals surface area contributed by atoms with Gasteiger partial charge in [0.25, 0.3) is 0 Å². The number of carbonyl (C=O) groups is 2. The number of hydrogen-bond donors (Lipinski definition) is 2. The lowest BCUT2D eigenvalue weighted by Gasteiger charge is -2.33. The summed E-state index contributed by atoms with van der Waals surface area (Å²) in [6.45, 7) is 1.45. The summed E-state index contributed by atoms with van der Waals surface area (Å²) < 4.78 is 46.2. The van der Waals surface area contributed by atoms with E-state index in [1.165, 1.54) is 37.3 Å². The fraction of sp³-hybridized carbons (Fsp3) is 0.167. The summed E-state index contributed by atoms with van der Waals surface area (Å²) in [5.74, 6) is 1.53. The molecule has 0 saturated carbocycles. The van der Waals surface area contributed by atoms with Crippen LogP contribution in [0.5, 0.6) is 0 Å². The Labute approximate surface area is 212 Å². The van der Waals surface area contributed by atoms with E-state index in [1.807, 2.05) is 6.07 Å². The molecule has 0 unspecified atom stereocenters. The normalized spacial score (nSPS) is 15.7. The van der Waals surface area contributed by atoms with Crippen LogP contribution in [0.2, 0.25) is 0 Å². The first-order chi connectivity index (χ1) is 17.0. The van der Waals surface area contributed by atoms with Gasteiger partial charge < -0.3 is 10.5 Å². The van der Waals surface area contributed by atoms with Crippen LogP contribution in [-0.2, 0) is 15.7 Å². The molecule has 1 aliphatic heterocycles. The zero-order chi connectivity index (χ0) is 26.8. The maximum absolute atomic E-state index is 13.4. The number of halogens is 4. The van der Waals surface area contributed by atoms with E-state index in [4.69, 9.17) is 16.2 Å². The number of benzene rings is 2. The van der Waals surface area contributed by atoms with E-state index in [0.29, 0.717) is 0 Å². The molecule has 0 spiro atoms. The Kier molecular flexibility index (Phi) is 7.41. The largest absolute Gasteiger partial charge is 0.465 e. The number of rotatable bonds is 3. The van der Waals surface area contributed by atoms with E-state index >= 15 is 0 Å². The monoisotopic (exact) mass is 560 g/mol. The molecule has 1 atom stereocenters. The van der Waals surface area contributed by atoms with Crippen molar-refractivity contribution in [2.75, 3.05) is 7.11 Å². The lowest BCUT2D eigenvalue weighted by atomic mass is 9.89. The number of nitrogens with two attached hydrogens (primary N) is 2. The highest BCUT2D eigenvalue weighted by molar-refractivity contribution is 9.12. The number of esters is 1. The lowest BCUT2D eigenvalue weighted by molar-refractivity contribution is -0.396. The summed E-state index contributed by atoms with van der Waals surface area (Å²) in [6.07, 6.45) is -4.65. The minimum atomic E-state index is -4.65. The number of alkyl halides is 3. The highest BCUT2D eigenvalue weighted by atomic mass is 79.9. The van der Waals surface area contributed by atoms with Gasteiger partial charge in [-0.2, -0.15) is 23.3 Å². The van der Waals surface area contributed by atoms with Gasteiger partial charge in [-0.1, -0.05) is 18.1 Å². The minimum Gasteiger partial charge on any atom is -0.465 e. The molecule has 0 saturated heterocycles. The van der Waals surface area contributed by atoms with Crippen LogP contribution in [-0.4, -0.2) is 34.5 Å². The molecule has 0 fully saturated rings. The smallest absolute Gasteiger partial charge is 0.416 e. The van der Waals surface area contributed by atoms with Crippen molar-refractivity contribution in [3.8, 4) is 16.8 Å². The molecule has 36 heavy (non-hydrogen) atoms. The molecule has 8 nitrogen and oxygen atoms in total. The van der Waals surface area contributed by atoms with E-state index in [0.717, 1.165) is 28.7 Å². The Bertz CT molecular complexity index is 1430. The van der Waals surface area contributed by atoms with Crippen LogP contribution >= 0.6 is 15.9 Å². The fourth-order valence-corrected chi connectivity index (χ4v) is 4.15. The number of nitrogens with zero attached hydrogens (tertiary/aromatic N) is 3. The summed E-state index contributed by atoms with van der Waals surface area (Å²) in [4.78, 5) is 29.1. The van der Waals surface area contributed by atoms with Crippen molar-refractivity contribution < 1.29 is 32.1 Å². The second-order valence-electron chi connectivity index (χ2n) is 7.48. The first-order valence-corrected chi connectivity index (χ1v) is 10.9. The molecule has 184 valence electrons. The molecule has 0 bridgehead atoms. The molecule has 2 aromatic rings. The average molecular weight is 561 g/mol. The minimum absolute atomic E-state index is 0.0637. The predicted octanol–water partition coefficient (Wildman–Crippen LogP) is 3.82. The van der Waals surface area contributed by atoms with Gasteiger partial charge in [0.1, 0.15) is 17.3 Å². The second kappa shape index (κ2) is 10.1. The topological polar surface area (TPSA) is 125 Å². The van der Waals surface area contributed by atoms with Crippen molar-refractivity contribution in [1.82, 2.24) is 4.90 Å². The van der Waals surface area contributed by atoms with Gasteiger partial charge in [0.2, 0.25) is 0 Å². The number of allylic oxidation sites excluding steroid dienone is 1. The second-order valence-corrected chi connectivity index (χ2v) is 7.87. The number of nitriles is 1. The van der Waals surface area contributed by atoms with Gasteiger partial charge in [-0.05, 0) is 42.1 Å². The Balaban J connectivity index is 2.40. The van der Waals surface area contributed by atoms with E-state index in [9.17, 15) is 28.0 Å². The van der Waals surface area contributed by atoms with Crippen LogP contribution in [0.4, 0.5) is 23.7 Å². The first-order valence-electron chi connectivity index (χ1n) is 10.1. The van der Waals surface area contributed by atoms with Gasteiger partial charge in [0.05, 0.1) is 30.0 Å². The van der Waals surface area contributed by atoms with E-state index in [2.05, 4.69) is 26.7 Å². The van der Waals surface area contributed by atoms with E-state index < -0.39 is 29.8 Å². The van der Waals surface area contributed by atoms with Gasteiger partial charge in [0.15, 0.2) is 0 Å². The quantitative estimate of drug-likeness (QED) is 0.335. The SMILES string of the molecule is COC(=O)C1=C(C)[N+](c2cccc(C(F)(F)F)c2)=C(N)N(C(N)=O)[C@@H]1c1ccc(C#N)cc1C#CBr. The highest BCUT2D eigenvalue weighted by Crippen LogP contribution is 2.39. The summed E-state index contributed by atoms with van der Waals surface area (Å²) in [5.41, 5.74) is 11.8. The predicted molar refractivity (Wildman–Crippen MR) is 126 cm³/mol. The lowest BCUT2D eigenvalue weighted by Crippen LogP contribution is -2.54. The Morgan fingerprint density at radius 3 is 2.47 bits per heavy atom. The molecular weight excluding hydrogens is 543 g/mol. The molecule has 4 N–H and O–H groups in total. The summed E-state index contributed by atoms with van der Waals surface area (Å²) >= 11 is 3.00. The third kappa shape index (κ3) is 4.76. The zero-order valence-electron chi connectivity index (χ0n) is 18.9. The van der Waals surface area contributed by atoms with Crippen LogP contribution in [0.25, 0.3) is 0 Å². The Morgan fingerprint density at radius 2 is 1.92 bits per heavy atom. The van der Waals surface area contributed by atoms with Crippen molar-refractivity contribution in [2.24, 2.45) is 11.5 Å². The summed E-state index contributed by atoms with van der Waals surface area (Å²) in [7, 11) is 1.11. The Hall–Kier alpha value is -4.29. The van der Waals surface area contributed by atoms with Gasteiger partial charge in [0, 0.05) is 27.1 Å². The molecule has 1 aliphatic rings.